The summed E-state index contributed by atoms with van der Waals surface area (Å²) >= 11 is 0. The maximum atomic E-state index is 13.2. The number of hydrogen-bond acceptors (Lipinski definition) is 3. The standard InChI is InChI=1S/C14H20FNO2/c1-2-16-9-10-8-11(15)6-7-13(10)18-14-5-3-4-12(14)17/h6-8,12,14,16-17H,2-5,9H2,1H3. The summed E-state index contributed by atoms with van der Waals surface area (Å²) in [7, 11) is 0. The molecule has 1 aromatic carbocycles. The molecule has 0 aliphatic heterocycles. The van der Waals surface area contributed by atoms with E-state index in [0.29, 0.717) is 12.3 Å². The van der Waals surface area contributed by atoms with Gasteiger partial charge in [0.05, 0.1) is 6.10 Å². The molecule has 18 heavy (non-hydrogen) atoms. The van der Waals surface area contributed by atoms with Gasteiger partial charge in [0.1, 0.15) is 17.7 Å². The van der Waals surface area contributed by atoms with Gasteiger partial charge in [0.25, 0.3) is 0 Å². The molecule has 4 heteroatoms. The molecule has 0 saturated heterocycles. The van der Waals surface area contributed by atoms with Gasteiger partial charge in [0.2, 0.25) is 0 Å². The van der Waals surface area contributed by atoms with Crippen LogP contribution in [0.1, 0.15) is 31.7 Å². The van der Waals surface area contributed by atoms with Crippen LogP contribution in [-0.2, 0) is 6.54 Å². The zero-order valence-corrected chi connectivity index (χ0v) is 10.7. The van der Waals surface area contributed by atoms with Gasteiger partial charge in [-0.2, -0.15) is 0 Å². The lowest BCUT2D eigenvalue weighted by Crippen LogP contribution is -2.26. The molecule has 2 rings (SSSR count). The fourth-order valence-corrected chi connectivity index (χ4v) is 2.27. The van der Waals surface area contributed by atoms with E-state index in [1.165, 1.54) is 12.1 Å². The second kappa shape index (κ2) is 6.16. The van der Waals surface area contributed by atoms with E-state index in [9.17, 15) is 9.50 Å². The zero-order chi connectivity index (χ0) is 13.0. The number of hydrogen-bond donors (Lipinski definition) is 2. The predicted octanol–water partition coefficient (Wildman–Crippen LogP) is 2.23. The molecule has 0 radical (unpaired) electrons. The van der Waals surface area contributed by atoms with Gasteiger partial charge in [0, 0.05) is 12.1 Å². The average molecular weight is 253 g/mol. The highest BCUT2D eigenvalue weighted by molar-refractivity contribution is 5.34. The van der Waals surface area contributed by atoms with Gasteiger partial charge in [-0.05, 0) is 44.0 Å². The largest absolute Gasteiger partial charge is 0.487 e. The van der Waals surface area contributed by atoms with E-state index in [1.54, 1.807) is 6.07 Å². The summed E-state index contributed by atoms with van der Waals surface area (Å²) in [5.41, 5.74) is 0.802. The Labute approximate surface area is 107 Å². The lowest BCUT2D eigenvalue weighted by Gasteiger charge is -2.19. The van der Waals surface area contributed by atoms with Gasteiger partial charge in [-0.3, -0.25) is 0 Å². The Morgan fingerprint density at radius 1 is 1.44 bits per heavy atom. The number of aliphatic hydroxyl groups is 1. The van der Waals surface area contributed by atoms with Gasteiger partial charge in [-0.15, -0.1) is 0 Å². The number of halogens is 1. The summed E-state index contributed by atoms with van der Waals surface area (Å²) in [5, 5.41) is 12.9. The summed E-state index contributed by atoms with van der Waals surface area (Å²) in [5.74, 6) is 0.408. The second-order valence-electron chi connectivity index (χ2n) is 4.69. The van der Waals surface area contributed by atoms with Crippen molar-refractivity contribution in [3.05, 3.63) is 29.6 Å². The summed E-state index contributed by atoms with van der Waals surface area (Å²) in [6.45, 7) is 3.40. The first-order chi connectivity index (χ1) is 8.70. The smallest absolute Gasteiger partial charge is 0.124 e. The number of aliphatic hydroxyl groups excluding tert-OH is 1. The molecule has 0 heterocycles. The third-order valence-corrected chi connectivity index (χ3v) is 3.28. The predicted molar refractivity (Wildman–Crippen MR) is 68.1 cm³/mol. The third-order valence-electron chi connectivity index (χ3n) is 3.28. The maximum Gasteiger partial charge on any atom is 0.124 e. The van der Waals surface area contributed by atoms with Crippen LogP contribution in [0.2, 0.25) is 0 Å². The Bertz CT molecular complexity index is 397. The minimum atomic E-state index is -0.401. The monoisotopic (exact) mass is 253 g/mol. The maximum absolute atomic E-state index is 13.2. The van der Waals surface area contributed by atoms with Crippen LogP contribution in [-0.4, -0.2) is 23.9 Å². The quantitative estimate of drug-likeness (QED) is 0.845. The van der Waals surface area contributed by atoms with E-state index in [-0.39, 0.29) is 11.9 Å². The highest BCUT2D eigenvalue weighted by Crippen LogP contribution is 2.27. The molecule has 1 fully saturated rings. The molecule has 2 N–H and O–H groups in total. The van der Waals surface area contributed by atoms with Crippen molar-refractivity contribution < 1.29 is 14.2 Å². The van der Waals surface area contributed by atoms with Gasteiger partial charge >= 0.3 is 0 Å². The molecular formula is C14H20FNO2. The number of ether oxygens (including phenoxy) is 1. The molecule has 1 aliphatic rings. The van der Waals surface area contributed by atoms with Gasteiger partial charge in [-0.1, -0.05) is 6.92 Å². The van der Waals surface area contributed by atoms with Crippen molar-refractivity contribution >= 4 is 0 Å². The molecule has 1 saturated carbocycles. The van der Waals surface area contributed by atoms with E-state index in [1.807, 2.05) is 6.92 Å². The van der Waals surface area contributed by atoms with Crippen LogP contribution >= 0.6 is 0 Å². The van der Waals surface area contributed by atoms with Crippen LogP contribution in [0.4, 0.5) is 4.39 Å². The zero-order valence-electron chi connectivity index (χ0n) is 10.7. The Morgan fingerprint density at radius 3 is 2.94 bits per heavy atom. The Hall–Kier alpha value is -1.13. The fourth-order valence-electron chi connectivity index (χ4n) is 2.27. The van der Waals surface area contributed by atoms with Crippen molar-refractivity contribution in [1.82, 2.24) is 5.32 Å². The molecule has 2 unspecified atom stereocenters. The topological polar surface area (TPSA) is 41.5 Å². The van der Waals surface area contributed by atoms with Gasteiger partial charge in [0.15, 0.2) is 0 Å². The van der Waals surface area contributed by atoms with E-state index in [4.69, 9.17) is 4.74 Å². The van der Waals surface area contributed by atoms with Crippen molar-refractivity contribution in [3.63, 3.8) is 0 Å². The first-order valence-electron chi connectivity index (χ1n) is 6.54. The van der Waals surface area contributed by atoms with Crippen LogP contribution in [0.5, 0.6) is 5.75 Å². The van der Waals surface area contributed by atoms with Crippen molar-refractivity contribution in [1.29, 1.82) is 0 Å². The van der Waals surface area contributed by atoms with E-state index in [2.05, 4.69) is 5.32 Å². The lowest BCUT2D eigenvalue weighted by atomic mass is 10.2. The van der Waals surface area contributed by atoms with E-state index >= 15 is 0 Å². The third kappa shape index (κ3) is 3.21. The van der Waals surface area contributed by atoms with E-state index < -0.39 is 6.10 Å². The molecule has 1 aromatic rings. The fraction of sp³-hybridized carbons (Fsp3) is 0.571. The van der Waals surface area contributed by atoms with Gasteiger partial charge in [-0.25, -0.2) is 4.39 Å². The SMILES string of the molecule is CCNCc1cc(F)ccc1OC1CCCC1O. The summed E-state index contributed by atoms with van der Waals surface area (Å²) in [6, 6.07) is 4.53. The molecule has 0 spiro atoms. The number of rotatable bonds is 5. The van der Waals surface area contributed by atoms with Crippen molar-refractivity contribution in [2.24, 2.45) is 0 Å². The number of benzene rings is 1. The van der Waals surface area contributed by atoms with Crippen LogP contribution in [0, 0.1) is 5.82 Å². The first-order valence-corrected chi connectivity index (χ1v) is 6.54. The summed E-state index contributed by atoms with van der Waals surface area (Å²) in [6.07, 6.45) is 2.07. The molecule has 0 aromatic heterocycles. The minimum Gasteiger partial charge on any atom is -0.487 e. The Morgan fingerprint density at radius 2 is 2.28 bits per heavy atom. The molecule has 0 amide bonds. The lowest BCUT2D eigenvalue weighted by molar-refractivity contribution is 0.0596. The highest BCUT2D eigenvalue weighted by atomic mass is 19.1. The molecular weight excluding hydrogens is 233 g/mol. The molecule has 1 aliphatic carbocycles. The van der Waals surface area contributed by atoms with Crippen LogP contribution in [0.15, 0.2) is 18.2 Å². The first kappa shape index (κ1) is 13.3. The Balaban J connectivity index is 2.10. The minimum absolute atomic E-state index is 0.157. The Kier molecular flexibility index (Phi) is 4.55. The van der Waals surface area contributed by atoms with Crippen molar-refractivity contribution in [2.75, 3.05) is 6.54 Å². The van der Waals surface area contributed by atoms with Crippen molar-refractivity contribution in [3.8, 4) is 5.75 Å². The second-order valence-corrected chi connectivity index (χ2v) is 4.69. The average Bonchev–Trinajstić information content (AvgIpc) is 2.75. The van der Waals surface area contributed by atoms with Gasteiger partial charge < -0.3 is 15.2 Å². The summed E-state index contributed by atoms with van der Waals surface area (Å²) < 4.78 is 19.0. The number of nitrogens with one attached hydrogen (secondary N) is 1. The van der Waals surface area contributed by atoms with Crippen molar-refractivity contribution in [2.45, 2.75) is 44.9 Å². The summed E-state index contributed by atoms with van der Waals surface area (Å²) in [4.78, 5) is 0. The molecule has 0 bridgehead atoms. The molecule has 2 atom stereocenters. The van der Waals surface area contributed by atoms with Crippen LogP contribution in [0.3, 0.4) is 0 Å². The van der Waals surface area contributed by atoms with Crippen LogP contribution < -0.4 is 10.1 Å². The van der Waals surface area contributed by atoms with Crippen LogP contribution in [0.25, 0.3) is 0 Å². The normalized spacial score (nSPS) is 23.3. The van der Waals surface area contributed by atoms with E-state index in [0.717, 1.165) is 31.4 Å². The molecule has 100 valence electrons. The molecule has 3 nitrogen and oxygen atoms in total. The highest BCUT2D eigenvalue weighted by Gasteiger charge is 2.27.